The highest BCUT2D eigenvalue weighted by atomic mass is 79.9. The van der Waals surface area contributed by atoms with Crippen LogP contribution in [0.4, 0.5) is 5.69 Å². The second kappa shape index (κ2) is 8.57. The van der Waals surface area contributed by atoms with Crippen LogP contribution in [0.5, 0.6) is 0 Å². The molecule has 1 fully saturated rings. The second-order valence-corrected chi connectivity index (χ2v) is 6.70. The highest BCUT2D eigenvalue weighted by Gasteiger charge is 2.43. The predicted octanol–water partition coefficient (Wildman–Crippen LogP) is -3.72. The lowest BCUT2D eigenvalue weighted by molar-refractivity contribution is -0.384. The quantitative estimate of drug-likeness (QED) is 0.212. The minimum absolute atomic E-state index is 0. The van der Waals surface area contributed by atoms with Crippen molar-refractivity contribution in [3.05, 3.63) is 58.1 Å². The summed E-state index contributed by atoms with van der Waals surface area (Å²) < 4.78 is 8.43. The summed E-state index contributed by atoms with van der Waals surface area (Å²) in [6, 6.07) is 5.99. The van der Waals surface area contributed by atoms with Gasteiger partial charge in [-0.2, -0.15) is 0 Å². The molecule has 4 rings (SSSR count). The Morgan fingerprint density at radius 2 is 1.87 bits per heavy atom. The third-order valence-corrected chi connectivity index (χ3v) is 4.89. The average molecular weight is 482 g/mol. The molecule has 0 bridgehead atoms. The summed E-state index contributed by atoms with van der Waals surface area (Å²) in [7, 11) is 0. The van der Waals surface area contributed by atoms with Gasteiger partial charge < -0.3 is 41.6 Å². The fraction of sp³-hybridized carbons (Fsp3) is 0.353. The van der Waals surface area contributed by atoms with E-state index in [4.69, 9.17) is 10.1 Å². The average Bonchev–Trinajstić information content (AvgIpc) is 3.26. The lowest BCUT2D eigenvalue weighted by Gasteiger charge is -2.16. The molecule has 3 heterocycles. The number of hydrogen-bond donors (Lipinski definition) is 4. The zero-order chi connectivity index (χ0) is 20.7. The molecule has 0 aliphatic carbocycles. The molecular formula is C17H18BrN6O6-. The predicted molar refractivity (Wildman–Crippen MR) is 96.6 cm³/mol. The highest BCUT2D eigenvalue weighted by molar-refractivity contribution is 5.68. The summed E-state index contributed by atoms with van der Waals surface area (Å²) in [4.78, 5) is 18.8. The van der Waals surface area contributed by atoms with E-state index in [1.54, 1.807) is 12.1 Å². The molecule has 30 heavy (non-hydrogen) atoms. The first-order chi connectivity index (χ1) is 13.9. The van der Waals surface area contributed by atoms with Gasteiger partial charge in [-0.25, -0.2) is 9.97 Å². The van der Waals surface area contributed by atoms with Gasteiger partial charge in [0.2, 0.25) is 0 Å². The van der Waals surface area contributed by atoms with Crippen molar-refractivity contribution in [1.29, 1.82) is 5.41 Å². The first kappa shape index (κ1) is 22.0. The standard InChI is InChI=1S/C17H18N6O6.BrH/c18-15-12-16(22(8-19-12)17-14(26)13(25)11(6-24)29-17)20-7-21(15)5-9-1-3-10(4-2-9)23(27)28;/h1-4,7-8,11,13-14,17-18,24-26H,5-6H2;1H/p-1. The van der Waals surface area contributed by atoms with Crippen molar-refractivity contribution in [3.8, 4) is 0 Å². The van der Waals surface area contributed by atoms with Gasteiger partial charge in [-0.3, -0.25) is 20.1 Å². The Morgan fingerprint density at radius 3 is 2.47 bits per heavy atom. The normalized spacial score (nSPS) is 23.4. The highest BCUT2D eigenvalue weighted by Crippen LogP contribution is 2.30. The van der Waals surface area contributed by atoms with Crippen molar-refractivity contribution in [1.82, 2.24) is 19.1 Å². The number of nitrogens with one attached hydrogen (secondary N) is 1. The van der Waals surface area contributed by atoms with Gasteiger partial charge >= 0.3 is 0 Å². The lowest BCUT2D eigenvalue weighted by atomic mass is 10.1. The molecular weight excluding hydrogens is 464 g/mol. The fourth-order valence-electron chi connectivity index (χ4n) is 3.30. The lowest BCUT2D eigenvalue weighted by Crippen LogP contribution is -3.00. The maximum absolute atomic E-state index is 10.8. The third-order valence-electron chi connectivity index (χ3n) is 4.89. The summed E-state index contributed by atoms with van der Waals surface area (Å²) in [5, 5.41) is 48.5. The smallest absolute Gasteiger partial charge is 0.269 e. The van der Waals surface area contributed by atoms with Gasteiger partial charge in [0.25, 0.3) is 5.69 Å². The van der Waals surface area contributed by atoms with Gasteiger partial charge in [-0.15, -0.1) is 0 Å². The van der Waals surface area contributed by atoms with Crippen molar-refractivity contribution in [2.75, 3.05) is 6.61 Å². The number of benzene rings is 1. The monoisotopic (exact) mass is 481 g/mol. The Kier molecular flexibility index (Phi) is 6.28. The molecule has 0 radical (unpaired) electrons. The number of nitro groups is 1. The van der Waals surface area contributed by atoms with Gasteiger partial charge in [-0.1, -0.05) is 12.1 Å². The molecule has 4 atom stereocenters. The Bertz CT molecular complexity index is 1120. The van der Waals surface area contributed by atoms with Crippen LogP contribution in [0.25, 0.3) is 11.2 Å². The Hall–Kier alpha value is -2.71. The second-order valence-electron chi connectivity index (χ2n) is 6.70. The molecule has 0 spiro atoms. The topological polar surface area (TPSA) is 173 Å². The number of fused-ring (bicyclic) bond motifs is 1. The molecule has 0 amide bonds. The van der Waals surface area contributed by atoms with E-state index in [1.807, 2.05) is 0 Å². The molecule has 1 saturated heterocycles. The van der Waals surface area contributed by atoms with Crippen LogP contribution < -0.4 is 22.5 Å². The molecule has 1 aromatic carbocycles. The van der Waals surface area contributed by atoms with Crippen LogP contribution in [0.15, 0.2) is 36.9 Å². The first-order valence-electron chi connectivity index (χ1n) is 8.73. The number of imidazole rings is 1. The van der Waals surface area contributed by atoms with Gasteiger partial charge in [0.15, 0.2) is 17.4 Å². The number of aliphatic hydroxyl groups excluding tert-OH is 3. The van der Waals surface area contributed by atoms with E-state index in [-0.39, 0.29) is 45.9 Å². The van der Waals surface area contributed by atoms with E-state index in [2.05, 4.69) is 9.97 Å². The van der Waals surface area contributed by atoms with Crippen LogP contribution in [-0.2, 0) is 11.3 Å². The third kappa shape index (κ3) is 3.73. The first-order valence-corrected chi connectivity index (χ1v) is 8.73. The van der Waals surface area contributed by atoms with E-state index < -0.39 is 36.1 Å². The molecule has 3 aromatic rings. The molecule has 1 aliphatic heterocycles. The van der Waals surface area contributed by atoms with E-state index in [0.29, 0.717) is 0 Å². The van der Waals surface area contributed by atoms with Crippen molar-refractivity contribution in [2.24, 2.45) is 0 Å². The minimum Gasteiger partial charge on any atom is -1.00 e. The number of rotatable bonds is 5. The van der Waals surface area contributed by atoms with Gasteiger partial charge in [0.1, 0.15) is 23.8 Å². The number of aliphatic hydroxyl groups is 3. The molecule has 160 valence electrons. The summed E-state index contributed by atoms with van der Waals surface area (Å²) in [6.45, 7) is -0.186. The van der Waals surface area contributed by atoms with Crippen molar-refractivity contribution in [3.63, 3.8) is 0 Å². The van der Waals surface area contributed by atoms with Crippen molar-refractivity contribution < 1.29 is 42.0 Å². The number of ether oxygens (including phenoxy) is 1. The van der Waals surface area contributed by atoms with E-state index >= 15 is 0 Å². The number of nitro benzene ring substituents is 1. The maximum atomic E-state index is 10.8. The van der Waals surface area contributed by atoms with Crippen LogP contribution in [0.2, 0.25) is 0 Å². The summed E-state index contributed by atoms with van der Waals surface area (Å²) in [6.07, 6.45) is -1.69. The Balaban J connectivity index is 0.00000256. The number of hydrogen-bond acceptors (Lipinski definition) is 9. The van der Waals surface area contributed by atoms with Gasteiger partial charge in [0.05, 0.1) is 30.7 Å². The van der Waals surface area contributed by atoms with E-state index in [9.17, 15) is 25.4 Å². The summed E-state index contributed by atoms with van der Waals surface area (Å²) in [5.41, 5.74) is 1.32. The van der Waals surface area contributed by atoms with Crippen LogP contribution in [0, 0.1) is 15.5 Å². The Morgan fingerprint density at radius 1 is 1.17 bits per heavy atom. The number of non-ortho nitro benzene ring substituents is 1. The zero-order valence-corrected chi connectivity index (χ0v) is 17.0. The minimum atomic E-state index is -1.28. The number of nitrogens with zero attached hydrogens (tertiary/aromatic N) is 5. The van der Waals surface area contributed by atoms with E-state index in [0.717, 1.165) is 5.56 Å². The van der Waals surface area contributed by atoms with Crippen molar-refractivity contribution in [2.45, 2.75) is 31.1 Å². The fourth-order valence-corrected chi connectivity index (χ4v) is 3.30. The van der Waals surface area contributed by atoms with E-state index in [1.165, 1.54) is 33.9 Å². The molecule has 13 heteroatoms. The maximum Gasteiger partial charge on any atom is 0.269 e. The van der Waals surface area contributed by atoms with Crippen LogP contribution >= 0.6 is 0 Å². The number of halogens is 1. The number of aromatic nitrogens is 4. The zero-order valence-electron chi connectivity index (χ0n) is 15.4. The van der Waals surface area contributed by atoms with Crippen LogP contribution in [0.3, 0.4) is 0 Å². The molecule has 12 nitrogen and oxygen atoms in total. The molecule has 4 N–H and O–H groups in total. The molecule has 1 aliphatic rings. The van der Waals surface area contributed by atoms with Crippen LogP contribution in [-0.4, -0.2) is 64.3 Å². The SMILES string of the molecule is N=c1c2ncn(C3OC(CO)C(O)C3O)c2ncn1Cc1ccc([N+](=O)[O-])cc1.[Br-]. The summed E-state index contributed by atoms with van der Waals surface area (Å²) in [5.74, 6) is 0. The Labute approximate surface area is 179 Å². The van der Waals surface area contributed by atoms with Gasteiger partial charge in [-0.05, 0) is 5.56 Å². The van der Waals surface area contributed by atoms with Gasteiger partial charge in [0, 0.05) is 12.1 Å². The largest absolute Gasteiger partial charge is 1.00 e. The molecule has 2 aromatic heterocycles. The summed E-state index contributed by atoms with van der Waals surface area (Å²) >= 11 is 0. The molecule has 4 unspecified atom stereocenters. The van der Waals surface area contributed by atoms with Crippen LogP contribution in [0.1, 0.15) is 11.8 Å². The van der Waals surface area contributed by atoms with Crippen molar-refractivity contribution >= 4 is 16.9 Å². The molecule has 0 saturated carbocycles.